The Hall–Kier alpha value is -4.22. The molecule has 0 saturated heterocycles. The SMILES string of the molecule is C=CC(=O)N(C)c1cc(Nc2ncc(Cl)c(NCCCN(NC)C(=O)c3ccc(NC)cc3)n2)ccc1F. The molecule has 0 fully saturated rings. The molecule has 2 aromatic carbocycles. The fourth-order valence-corrected chi connectivity index (χ4v) is 3.64. The highest BCUT2D eigenvalue weighted by Crippen LogP contribution is 2.26. The predicted molar refractivity (Wildman–Crippen MR) is 150 cm³/mol. The molecule has 0 bridgehead atoms. The van der Waals surface area contributed by atoms with Gasteiger partial charge in [0.2, 0.25) is 11.9 Å². The zero-order valence-electron chi connectivity index (χ0n) is 21.4. The van der Waals surface area contributed by atoms with Crippen LogP contribution in [0.4, 0.5) is 33.2 Å². The first-order valence-electron chi connectivity index (χ1n) is 11.8. The van der Waals surface area contributed by atoms with E-state index in [1.807, 2.05) is 19.2 Å². The van der Waals surface area contributed by atoms with Gasteiger partial charge in [0.05, 0.1) is 11.9 Å². The second kappa shape index (κ2) is 13.4. The summed E-state index contributed by atoms with van der Waals surface area (Å²) in [6.07, 6.45) is 3.15. The van der Waals surface area contributed by atoms with Gasteiger partial charge >= 0.3 is 0 Å². The fourth-order valence-electron chi connectivity index (χ4n) is 3.48. The maximum atomic E-state index is 14.3. The van der Waals surface area contributed by atoms with Crippen LogP contribution in [-0.2, 0) is 4.79 Å². The van der Waals surface area contributed by atoms with Crippen molar-refractivity contribution in [3.63, 3.8) is 0 Å². The van der Waals surface area contributed by atoms with E-state index in [4.69, 9.17) is 11.6 Å². The summed E-state index contributed by atoms with van der Waals surface area (Å²) in [6.45, 7) is 4.35. The van der Waals surface area contributed by atoms with Gasteiger partial charge in [0.25, 0.3) is 5.91 Å². The van der Waals surface area contributed by atoms with Crippen LogP contribution in [0.5, 0.6) is 0 Å². The third-order valence-electron chi connectivity index (χ3n) is 5.60. The van der Waals surface area contributed by atoms with Gasteiger partial charge in [0, 0.05) is 51.2 Å². The summed E-state index contributed by atoms with van der Waals surface area (Å²) in [4.78, 5) is 34.4. The molecule has 0 saturated carbocycles. The van der Waals surface area contributed by atoms with Crippen molar-refractivity contribution < 1.29 is 14.0 Å². The first-order valence-corrected chi connectivity index (χ1v) is 12.1. The summed E-state index contributed by atoms with van der Waals surface area (Å²) in [6, 6.07) is 11.4. The van der Waals surface area contributed by atoms with Crippen LogP contribution < -0.4 is 26.3 Å². The monoisotopic (exact) mass is 540 g/mol. The zero-order chi connectivity index (χ0) is 27.7. The Morgan fingerprint density at radius 2 is 1.84 bits per heavy atom. The summed E-state index contributed by atoms with van der Waals surface area (Å²) in [5.41, 5.74) is 4.98. The van der Waals surface area contributed by atoms with Crippen molar-refractivity contribution in [3.8, 4) is 0 Å². The quantitative estimate of drug-likeness (QED) is 0.153. The third-order valence-corrected chi connectivity index (χ3v) is 5.88. The number of rotatable bonds is 12. The molecule has 0 aliphatic carbocycles. The highest BCUT2D eigenvalue weighted by atomic mass is 35.5. The minimum Gasteiger partial charge on any atom is -0.388 e. The van der Waals surface area contributed by atoms with Crippen LogP contribution >= 0.6 is 11.6 Å². The summed E-state index contributed by atoms with van der Waals surface area (Å²) >= 11 is 6.26. The van der Waals surface area contributed by atoms with Crippen molar-refractivity contribution in [2.75, 3.05) is 55.1 Å². The lowest BCUT2D eigenvalue weighted by molar-refractivity contribution is -0.113. The van der Waals surface area contributed by atoms with E-state index >= 15 is 0 Å². The maximum absolute atomic E-state index is 14.3. The molecule has 12 heteroatoms. The van der Waals surface area contributed by atoms with E-state index < -0.39 is 11.7 Å². The third kappa shape index (κ3) is 7.17. The molecule has 38 heavy (non-hydrogen) atoms. The van der Waals surface area contributed by atoms with E-state index in [0.29, 0.717) is 41.6 Å². The van der Waals surface area contributed by atoms with E-state index in [-0.39, 0.29) is 17.5 Å². The number of amides is 2. The molecule has 4 N–H and O–H groups in total. The van der Waals surface area contributed by atoms with Crippen LogP contribution in [0.1, 0.15) is 16.8 Å². The minimum atomic E-state index is -0.559. The molecule has 0 aliphatic heterocycles. The van der Waals surface area contributed by atoms with Crippen LogP contribution in [-0.4, -0.2) is 61.0 Å². The van der Waals surface area contributed by atoms with E-state index in [1.54, 1.807) is 19.2 Å². The first kappa shape index (κ1) is 28.4. The lowest BCUT2D eigenvalue weighted by Crippen LogP contribution is -2.41. The molecule has 0 spiro atoms. The van der Waals surface area contributed by atoms with Crippen LogP contribution in [0.25, 0.3) is 0 Å². The predicted octanol–water partition coefficient (Wildman–Crippen LogP) is 4.28. The Kier molecular flexibility index (Phi) is 9.97. The van der Waals surface area contributed by atoms with E-state index in [9.17, 15) is 14.0 Å². The number of hydrogen-bond donors (Lipinski definition) is 4. The number of carbonyl (C=O) groups excluding carboxylic acids is 2. The number of aromatic nitrogens is 2. The summed E-state index contributed by atoms with van der Waals surface area (Å²) in [5.74, 6) is -0.516. The Morgan fingerprint density at radius 1 is 1.13 bits per heavy atom. The lowest BCUT2D eigenvalue weighted by Gasteiger charge is -2.21. The Morgan fingerprint density at radius 3 is 2.50 bits per heavy atom. The standard InChI is InChI=1S/C26H30ClFN8O2/c1-5-23(37)35(4)22-15-19(11-12-21(22)28)33-26-32-16-20(27)24(34-26)31-13-6-14-36(30-3)25(38)17-7-9-18(29-2)10-8-17/h5,7-12,15-16,29-30H,1,6,13-14H2,2-4H3,(H2,31,32,33,34). The fraction of sp³-hybridized carbons (Fsp3) is 0.231. The lowest BCUT2D eigenvalue weighted by atomic mass is 10.2. The second-order valence-electron chi connectivity index (χ2n) is 8.07. The van der Waals surface area contributed by atoms with Crippen molar-refractivity contribution in [1.29, 1.82) is 0 Å². The summed E-state index contributed by atoms with van der Waals surface area (Å²) in [5, 5.41) is 11.0. The number of halogens is 2. The molecule has 0 radical (unpaired) electrons. The average Bonchev–Trinajstić information content (AvgIpc) is 2.94. The van der Waals surface area contributed by atoms with E-state index in [1.165, 1.54) is 36.5 Å². The van der Waals surface area contributed by atoms with E-state index in [0.717, 1.165) is 16.7 Å². The van der Waals surface area contributed by atoms with Gasteiger partial charge in [-0.25, -0.2) is 14.8 Å². The topological polar surface area (TPSA) is 115 Å². The van der Waals surface area contributed by atoms with Gasteiger partial charge in [-0.1, -0.05) is 18.2 Å². The molecule has 0 unspecified atom stereocenters. The molecular formula is C26H30ClFN8O2. The number of nitrogens with one attached hydrogen (secondary N) is 4. The highest BCUT2D eigenvalue weighted by molar-refractivity contribution is 6.32. The molecule has 200 valence electrons. The highest BCUT2D eigenvalue weighted by Gasteiger charge is 2.15. The van der Waals surface area contributed by atoms with Crippen LogP contribution in [0.3, 0.4) is 0 Å². The van der Waals surface area contributed by atoms with Gasteiger partial charge in [0.1, 0.15) is 16.7 Å². The van der Waals surface area contributed by atoms with Crippen molar-refractivity contribution >= 4 is 52.2 Å². The number of carbonyl (C=O) groups is 2. The first-order chi connectivity index (χ1) is 18.3. The van der Waals surface area contributed by atoms with Crippen LogP contribution in [0, 0.1) is 5.82 Å². The van der Waals surface area contributed by atoms with Gasteiger partial charge < -0.3 is 20.9 Å². The molecule has 10 nitrogen and oxygen atoms in total. The number of benzene rings is 2. The molecule has 0 atom stereocenters. The number of nitrogens with zero attached hydrogens (tertiary/aromatic N) is 4. The number of hydrogen-bond acceptors (Lipinski definition) is 8. The van der Waals surface area contributed by atoms with Gasteiger partial charge in [-0.2, -0.15) is 4.98 Å². The molecule has 3 aromatic rings. The maximum Gasteiger partial charge on any atom is 0.267 e. The Labute approximate surface area is 225 Å². The molecule has 1 aromatic heterocycles. The molecule has 3 rings (SSSR count). The summed E-state index contributed by atoms with van der Waals surface area (Å²) < 4.78 is 14.3. The van der Waals surface area contributed by atoms with Crippen LogP contribution in [0.2, 0.25) is 5.02 Å². The minimum absolute atomic E-state index is 0.0776. The molecule has 1 heterocycles. The normalized spacial score (nSPS) is 10.4. The van der Waals surface area contributed by atoms with Gasteiger partial charge in [-0.15, -0.1) is 0 Å². The van der Waals surface area contributed by atoms with Crippen LogP contribution in [0.15, 0.2) is 61.3 Å². The summed E-state index contributed by atoms with van der Waals surface area (Å²) in [7, 11) is 4.96. The largest absolute Gasteiger partial charge is 0.388 e. The van der Waals surface area contributed by atoms with Gasteiger partial charge in [-0.3, -0.25) is 14.6 Å². The van der Waals surface area contributed by atoms with E-state index in [2.05, 4.69) is 37.9 Å². The zero-order valence-corrected chi connectivity index (χ0v) is 22.1. The van der Waals surface area contributed by atoms with Crippen molar-refractivity contribution in [1.82, 2.24) is 20.4 Å². The molecule has 2 amide bonds. The number of hydrazine groups is 1. The van der Waals surface area contributed by atoms with Gasteiger partial charge in [-0.05, 0) is 55.0 Å². The average molecular weight is 541 g/mol. The molecule has 0 aliphatic rings. The molecular weight excluding hydrogens is 511 g/mol. The van der Waals surface area contributed by atoms with Gasteiger partial charge in [0.15, 0.2) is 0 Å². The van der Waals surface area contributed by atoms with Crippen molar-refractivity contribution in [2.45, 2.75) is 6.42 Å². The Balaban J connectivity index is 1.60. The van der Waals surface area contributed by atoms with Crippen molar-refractivity contribution in [3.05, 3.63) is 77.7 Å². The number of anilines is 5. The second-order valence-corrected chi connectivity index (χ2v) is 8.48. The smallest absolute Gasteiger partial charge is 0.267 e. The Bertz CT molecular complexity index is 1290. The number of likely N-dealkylation sites (N-methyl/N-ethyl adjacent to an activating group) is 1. The van der Waals surface area contributed by atoms with Crippen molar-refractivity contribution in [2.24, 2.45) is 0 Å².